The Kier molecular flexibility index (Phi) is 5.73. The third-order valence-corrected chi connectivity index (χ3v) is 7.06. The minimum absolute atomic E-state index is 0.0251. The molecule has 1 aliphatic rings. The molecule has 3 aromatic heterocycles. The number of halogens is 1. The van der Waals surface area contributed by atoms with Crippen LogP contribution in [0.3, 0.4) is 0 Å². The zero-order valence-corrected chi connectivity index (χ0v) is 20.2. The van der Waals surface area contributed by atoms with Gasteiger partial charge in [0.05, 0.1) is 28.8 Å². The lowest BCUT2D eigenvalue weighted by Crippen LogP contribution is -2.57. The van der Waals surface area contributed by atoms with E-state index in [4.69, 9.17) is 5.26 Å². The molecule has 1 aromatic carbocycles. The second-order valence-electron chi connectivity index (χ2n) is 9.27. The van der Waals surface area contributed by atoms with Crippen LogP contribution in [0.1, 0.15) is 32.4 Å². The van der Waals surface area contributed by atoms with Crippen molar-refractivity contribution in [3.05, 3.63) is 58.5 Å². The summed E-state index contributed by atoms with van der Waals surface area (Å²) in [7, 11) is 1.52. The molecule has 1 aliphatic heterocycles. The molecule has 35 heavy (non-hydrogen) atoms. The van der Waals surface area contributed by atoms with Crippen molar-refractivity contribution in [1.82, 2.24) is 29.2 Å². The van der Waals surface area contributed by atoms with Gasteiger partial charge in [-0.15, -0.1) is 0 Å². The van der Waals surface area contributed by atoms with Crippen LogP contribution in [0.25, 0.3) is 22.1 Å². The van der Waals surface area contributed by atoms with Gasteiger partial charge in [0.2, 0.25) is 5.82 Å². The number of hydrogen-bond donors (Lipinski definition) is 0. The first kappa shape index (κ1) is 22.9. The van der Waals surface area contributed by atoms with Crippen LogP contribution in [-0.2, 0) is 13.6 Å². The molecule has 0 N–H and O–H groups in total. The van der Waals surface area contributed by atoms with Crippen molar-refractivity contribution >= 4 is 27.8 Å². The molecule has 1 unspecified atom stereocenters. The molecule has 0 amide bonds. The highest BCUT2D eigenvalue weighted by molar-refractivity contribution is 5.88. The van der Waals surface area contributed by atoms with Crippen molar-refractivity contribution in [2.75, 3.05) is 18.0 Å². The first-order valence-corrected chi connectivity index (χ1v) is 11.7. The Morgan fingerprint density at radius 3 is 2.66 bits per heavy atom. The third kappa shape index (κ3) is 3.82. The maximum absolute atomic E-state index is 15.4. The van der Waals surface area contributed by atoms with Gasteiger partial charge in [-0.1, -0.05) is 6.07 Å². The Labute approximate surface area is 202 Å². The molecule has 1 fully saturated rings. The molecule has 1 saturated heterocycles. The van der Waals surface area contributed by atoms with Crippen molar-refractivity contribution < 1.29 is 4.39 Å². The lowest BCUT2D eigenvalue weighted by Gasteiger charge is -2.47. The average Bonchev–Trinajstić information content (AvgIpc) is 3.27. The van der Waals surface area contributed by atoms with Gasteiger partial charge in [0.1, 0.15) is 17.7 Å². The Morgan fingerprint density at radius 2 is 1.91 bits per heavy atom. The molecular formula is C25H27FN8O. The maximum Gasteiger partial charge on any atom is 0.289 e. The molecule has 4 heterocycles. The molecule has 180 valence electrons. The number of hydrogen-bond acceptors (Lipinski definition) is 7. The number of fused-ring (bicyclic) bond motifs is 2. The first-order chi connectivity index (χ1) is 16.8. The summed E-state index contributed by atoms with van der Waals surface area (Å²) >= 11 is 0. The molecule has 5 rings (SSSR count). The summed E-state index contributed by atoms with van der Waals surface area (Å²) in [6.45, 7) is 7.54. The molecule has 9 nitrogen and oxygen atoms in total. The smallest absolute Gasteiger partial charge is 0.289 e. The third-order valence-electron chi connectivity index (χ3n) is 7.06. The minimum atomic E-state index is -0.809. The van der Waals surface area contributed by atoms with Crippen LogP contribution in [0.15, 0.2) is 41.6 Å². The van der Waals surface area contributed by atoms with Gasteiger partial charge in [-0.2, -0.15) is 14.8 Å². The van der Waals surface area contributed by atoms with E-state index in [2.05, 4.69) is 45.9 Å². The number of nitriles is 1. The van der Waals surface area contributed by atoms with E-state index < -0.39 is 11.4 Å². The Balaban J connectivity index is 1.49. The molecule has 0 bridgehead atoms. The summed E-state index contributed by atoms with van der Waals surface area (Å²) in [5, 5.41) is 13.5. The van der Waals surface area contributed by atoms with E-state index in [-0.39, 0.29) is 30.4 Å². The fraction of sp³-hybridized carbons (Fsp3) is 0.400. The second-order valence-corrected chi connectivity index (χ2v) is 9.27. The fourth-order valence-corrected chi connectivity index (χ4v) is 5.14. The van der Waals surface area contributed by atoms with E-state index in [1.165, 1.54) is 16.3 Å². The van der Waals surface area contributed by atoms with E-state index in [0.29, 0.717) is 24.1 Å². The van der Waals surface area contributed by atoms with Crippen LogP contribution in [0.2, 0.25) is 0 Å². The van der Waals surface area contributed by atoms with Crippen LogP contribution in [-0.4, -0.2) is 54.4 Å². The maximum atomic E-state index is 15.4. The molecule has 0 radical (unpaired) electrons. The zero-order valence-electron chi connectivity index (χ0n) is 20.2. The summed E-state index contributed by atoms with van der Waals surface area (Å²) in [6, 6.07) is 8.31. The van der Waals surface area contributed by atoms with Crippen molar-refractivity contribution in [3.63, 3.8) is 0 Å². The summed E-state index contributed by atoms with van der Waals surface area (Å²) < 4.78 is 18.1. The highest BCUT2D eigenvalue weighted by Crippen LogP contribution is 2.34. The Hall–Kier alpha value is -3.84. The molecule has 0 aliphatic carbocycles. The van der Waals surface area contributed by atoms with Crippen molar-refractivity contribution in [2.24, 2.45) is 7.05 Å². The molecule has 0 spiro atoms. The number of piperazine rings is 1. The highest BCUT2D eigenvalue weighted by Gasteiger charge is 2.35. The van der Waals surface area contributed by atoms with Gasteiger partial charge < -0.3 is 9.47 Å². The number of nitrogens with zero attached hydrogens (tertiary/aromatic N) is 8. The van der Waals surface area contributed by atoms with Gasteiger partial charge in [-0.05, 0) is 38.5 Å². The van der Waals surface area contributed by atoms with Gasteiger partial charge in [0.15, 0.2) is 0 Å². The van der Waals surface area contributed by atoms with Crippen LogP contribution in [0.5, 0.6) is 0 Å². The molecular weight excluding hydrogens is 447 g/mol. The van der Waals surface area contributed by atoms with Gasteiger partial charge >= 0.3 is 0 Å². The van der Waals surface area contributed by atoms with E-state index in [0.717, 1.165) is 16.6 Å². The van der Waals surface area contributed by atoms with Crippen LogP contribution < -0.4 is 10.5 Å². The number of benzene rings is 1. The highest BCUT2D eigenvalue weighted by atomic mass is 19.1. The lowest BCUT2D eigenvalue weighted by molar-refractivity contribution is 0.119. The monoisotopic (exact) mass is 474 g/mol. The van der Waals surface area contributed by atoms with Crippen LogP contribution in [0, 0.1) is 17.1 Å². The fourth-order valence-electron chi connectivity index (χ4n) is 5.14. The number of rotatable bonds is 4. The normalized spacial score (nSPS) is 19.8. The Morgan fingerprint density at radius 1 is 1.17 bits per heavy atom. The SMILES string of the molecule is CC(c1ccc2nccnc2c1)N1C[C@H](C)N(c2c(F)c(=O)n(C)c3cn(CC#N)nc23)C[C@H]1C. The van der Waals surface area contributed by atoms with Crippen molar-refractivity contribution in [2.45, 2.75) is 45.4 Å². The van der Waals surface area contributed by atoms with Gasteiger partial charge in [-0.25, -0.2) is 0 Å². The Bertz CT molecular complexity index is 1520. The molecule has 0 saturated carbocycles. The second kappa shape index (κ2) is 8.74. The van der Waals surface area contributed by atoms with Gasteiger partial charge in [-0.3, -0.25) is 24.3 Å². The summed E-state index contributed by atoms with van der Waals surface area (Å²) in [4.78, 5) is 25.8. The van der Waals surface area contributed by atoms with Gasteiger partial charge in [0.25, 0.3) is 5.56 Å². The topological polar surface area (TPSA) is 95.9 Å². The number of pyridine rings is 1. The molecule has 4 aromatic rings. The van der Waals surface area contributed by atoms with Crippen molar-refractivity contribution in [1.29, 1.82) is 5.26 Å². The zero-order chi connectivity index (χ0) is 24.9. The molecule has 3 atom stereocenters. The number of anilines is 1. The first-order valence-electron chi connectivity index (χ1n) is 11.7. The van der Waals surface area contributed by atoms with Crippen LogP contribution >= 0.6 is 0 Å². The number of aromatic nitrogens is 5. The average molecular weight is 475 g/mol. The van der Waals surface area contributed by atoms with E-state index in [1.54, 1.807) is 18.6 Å². The minimum Gasteiger partial charge on any atom is -0.362 e. The van der Waals surface area contributed by atoms with E-state index >= 15 is 4.39 Å². The number of aryl methyl sites for hydroxylation is 1. The summed E-state index contributed by atoms with van der Waals surface area (Å²) in [5.74, 6) is -0.809. The predicted octanol–water partition coefficient (Wildman–Crippen LogP) is 3.00. The lowest BCUT2D eigenvalue weighted by atomic mass is 9.99. The summed E-state index contributed by atoms with van der Waals surface area (Å²) in [6.07, 6.45) is 5.00. The van der Waals surface area contributed by atoms with Gasteiger partial charge in [0, 0.05) is 50.7 Å². The van der Waals surface area contributed by atoms with E-state index in [9.17, 15) is 4.79 Å². The standard InChI is InChI=1S/C25H27FN8O/c1-15-13-34(24-22(26)25(35)31(4)21-14-32(10-7-27)30-23(21)24)16(2)12-33(15)17(3)18-5-6-19-20(11-18)29-9-8-28-19/h5-6,8-9,11,14-17H,10,12-13H2,1-4H3/t15-,16+,17?/m1/s1. The van der Waals surface area contributed by atoms with Crippen molar-refractivity contribution in [3.8, 4) is 6.07 Å². The predicted molar refractivity (Wildman–Crippen MR) is 131 cm³/mol. The van der Waals surface area contributed by atoms with E-state index in [1.807, 2.05) is 24.0 Å². The van der Waals surface area contributed by atoms with Crippen LogP contribution in [0.4, 0.5) is 10.1 Å². The largest absolute Gasteiger partial charge is 0.362 e. The summed E-state index contributed by atoms with van der Waals surface area (Å²) in [5.41, 5.74) is 3.28. The molecule has 10 heteroatoms. The quantitative estimate of drug-likeness (QED) is 0.449.